The maximum Gasteiger partial charge on any atom is 0.244 e. The van der Waals surface area contributed by atoms with E-state index in [1.807, 2.05) is 0 Å². The molecule has 1 aliphatic heterocycles. The van der Waals surface area contributed by atoms with Crippen LogP contribution in [0.1, 0.15) is 32.6 Å². The summed E-state index contributed by atoms with van der Waals surface area (Å²) in [6.07, 6.45) is 5.44. The topological polar surface area (TPSA) is 50.3 Å². The zero-order valence-corrected chi connectivity index (χ0v) is 12.6. The zero-order chi connectivity index (χ0) is 13.9. The van der Waals surface area contributed by atoms with E-state index in [9.17, 15) is 8.42 Å². The summed E-state index contributed by atoms with van der Waals surface area (Å²) >= 11 is 5.69. The number of sulfonamides is 1. The van der Waals surface area contributed by atoms with E-state index in [1.54, 1.807) is 4.31 Å². The molecule has 0 saturated carbocycles. The van der Waals surface area contributed by atoms with Gasteiger partial charge in [0.05, 0.1) is 0 Å². The number of hydrogen-bond donors (Lipinski definition) is 0. The molecule has 6 heteroatoms. The molecule has 19 heavy (non-hydrogen) atoms. The van der Waals surface area contributed by atoms with Gasteiger partial charge in [0.2, 0.25) is 10.0 Å². The second-order valence-electron chi connectivity index (χ2n) is 4.93. The van der Waals surface area contributed by atoms with E-state index in [0.29, 0.717) is 24.2 Å². The van der Waals surface area contributed by atoms with Gasteiger partial charge in [0, 0.05) is 19.3 Å². The first-order chi connectivity index (χ1) is 9.04. The summed E-state index contributed by atoms with van der Waals surface area (Å²) in [6.45, 7) is 3.36. The molecule has 2 rings (SSSR count). The minimum atomic E-state index is -3.42. The molecule has 0 N–H and O–H groups in total. The van der Waals surface area contributed by atoms with Crippen LogP contribution in [0.25, 0.3) is 0 Å². The van der Waals surface area contributed by atoms with Crippen LogP contribution >= 0.6 is 11.6 Å². The summed E-state index contributed by atoms with van der Waals surface area (Å²) in [6, 6.07) is 3.04. The Morgan fingerprint density at radius 1 is 1.37 bits per heavy atom. The third-order valence-electron chi connectivity index (χ3n) is 3.72. The van der Waals surface area contributed by atoms with Crippen molar-refractivity contribution in [1.29, 1.82) is 0 Å². The molecule has 0 spiro atoms. The van der Waals surface area contributed by atoms with Crippen LogP contribution in [0.4, 0.5) is 0 Å². The highest BCUT2D eigenvalue weighted by Crippen LogP contribution is 2.24. The fourth-order valence-corrected chi connectivity index (χ4v) is 4.00. The minimum absolute atomic E-state index is 0.229. The first kappa shape index (κ1) is 14.8. The van der Waals surface area contributed by atoms with Crippen molar-refractivity contribution < 1.29 is 8.42 Å². The fraction of sp³-hybridized carbons (Fsp3) is 0.615. The maximum atomic E-state index is 12.5. The molecular weight excluding hydrogens is 284 g/mol. The van der Waals surface area contributed by atoms with Gasteiger partial charge >= 0.3 is 0 Å². The van der Waals surface area contributed by atoms with Crippen molar-refractivity contribution in [3.8, 4) is 0 Å². The Kier molecular flexibility index (Phi) is 4.81. The van der Waals surface area contributed by atoms with Crippen LogP contribution in [-0.2, 0) is 10.0 Å². The number of pyridine rings is 1. The fourth-order valence-electron chi connectivity index (χ4n) is 2.45. The minimum Gasteiger partial charge on any atom is -0.243 e. The molecule has 1 aromatic heterocycles. The standard InChI is InChI=1S/C13H19ClN2O2S/c1-2-11-4-3-8-16(9-7-11)19(17,18)12-5-6-13(14)15-10-12/h5-6,10-11H,2-4,7-9H2,1H3. The van der Waals surface area contributed by atoms with E-state index in [2.05, 4.69) is 11.9 Å². The molecule has 0 amide bonds. The molecule has 0 aromatic carbocycles. The summed E-state index contributed by atoms with van der Waals surface area (Å²) in [5, 5.41) is 0.306. The van der Waals surface area contributed by atoms with Crippen molar-refractivity contribution in [3.05, 3.63) is 23.5 Å². The van der Waals surface area contributed by atoms with Gasteiger partial charge in [0.25, 0.3) is 0 Å². The van der Waals surface area contributed by atoms with Crippen molar-refractivity contribution in [3.63, 3.8) is 0 Å². The summed E-state index contributed by atoms with van der Waals surface area (Å²) in [5.74, 6) is 0.642. The van der Waals surface area contributed by atoms with Gasteiger partial charge in [-0.2, -0.15) is 4.31 Å². The van der Waals surface area contributed by atoms with Crippen LogP contribution in [-0.4, -0.2) is 30.8 Å². The number of rotatable bonds is 3. The van der Waals surface area contributed by atoms with Crippen molar-refractivity contribution in [2.45, 2.75) is 37.5 Å². The number of hydrogen-bond acceptors (Lipinski definition) is 3. The lowest BCUT2D eigenvalue weighted by Gasteiger charge is -2.20. The predicted molar refractivity (Wildman–Crippen MR) is 75.6 cm³/mol. The van der Waals surface area contributed by atoms with Crippen LogP contribution in [0.15, 0.2) is 23.2 Å². The summed E-state index contributed by atoms with van der Waals surface area (Å²) in [5.41, 5.74) is 0. The smallest absolute Gasteiger partial charge is 0.243 e. The lowest BCUT2D eigenvalue weighted by Crippen LogP contribution is -2.32. The van der Waals surface area contributed by atoms with Gasteiger partial charge in [-0.3, -0.25) is 0 Å². The molecule has 1 atom stereocenters. The van der Waals surface area contributed by atoms with E-state index >= 15 is 0 Å². The van der Waals surface area contributed by atoms with Gasteiger partial charge < -0.3 is 0 Å². The Morgan fingerprint density at radius 2 is 2.16 bits per heavy atom. The van der Waals surface area contributed by atoms with E-state index in [1.165, 1.54) is 18.3 Å². The Hall–Kier alpha value is -0.650. The van der Waals surface area contributed by atoms with Crippen molar-refractivity contribution in [1.82, 2.24) is 9.29 Å². The molecule has 1 fully saturated rings. The number of nitrogens with zero attached hydrogens (tertiary/aromatic N) is 2. The maximum absolute atomic E-state index is 12.5. The molecule has 0 aliphatic carbocycles. The first-order valence-corrected chi connectivity index (χ1v) is 8.47. The van der Waals surface area contributed by atoms with E-state index < -0.39 is 10.0 Å². The molecule has 2 heterocycles. The van der Waals surface area contributed by atoms with Crippen molar-refractivity contribution in [2.75, 3.05) is 13.1 Å². The second kappa shape index (κ2) is 6.20. The van der Waals surface area contributed by atoms with Crippen LogP contribution in [0.2, 0.25) is 5.15 Å². The summed E-state index contributed by atoms with van der Waals surface area (Å²) in [7, 11) is -3.42. The SMILES string of the molecule is CCC1CCCN(S(=O)(=O)c2ccc(Cl)nc2)CC1. The summed E-state index contributed by atoms with van der Waals surface area (Å²) < 4.78 is 26.6. The quantitative estimate of drug-likeness (QED) is 0.807. The van der Waals surface area contributed by atoms with Crippen LogP contribution in [0.5, 0.6) is 0 Å². The number of halogens is 1. The zero-order valence-electron chi connectivity index (χ0n) is 11.0. The Balaban J connectivity index is 2.17. The molecule has 0 bridgehead atoms. The molecule has 0 radical (unpaired) electrons. The Bertz CT molecular complexity index is 516. The van der Waals surface area contributed by atoms with E-state index in [-0.39, 0.29) is 4.90 Å². The molecule has 106 valence electrons. The predicted octanol–water partition coefficient (Wildman–Crippen LogP) is 2.94. The second-order valence-corrected chi connectivity index (χ2v) is 7.25. The number of aromatic nitrogens is 1. The highest BCUT2D eigenvalue weighted by atomic mass is 35.5. The normalized spacial score (nSPS) is 22.1. The third-order valence-corrected chi connectivity index (χ3v) is 5.83. The highest BCUT2D eigenvalue weighted by molar-refractivity contribution is 7.89. The average molecular weight is 303 g/mol. The monoisotopic (exact) mass is 302 g/mol. The Morgan fingerprint density at radius 3 is 2.79 bits per heavy atom. The van der Waals surface area contributed by atoms with E-state index in [4.69, 9.17) is 11.6 Å². The van der Waals surface area contributed by atoms with Crippen molar-refractivity contribution in [2.24, 2.45) is 5.92 Å². The van der Waals surface area contributed by atoms with Crippen LogP contribution in [0.3, 0.4) is 0 Å². The van der Waals surface area contributed by atoms with Crippen molar-refractivity contribution >= 4 is 21.6 Å². The third kappa shape index (κ3) is 3.46. The van der Waals surface area contributed by atoms with Gasteiger partial charge in [0.1, 0.15) is 10.0 Å². The first-order valence-electron chi connectivity index (χ1n) is 6.65. The van der Waals surface area contributed by atoms with Gasteiger partial charge in [-0.25, -0.2) is 13.4 Å². The molecule has 1 unspecified atom stereocenters. The van der Waals surface area contributed by atoms with E-state index in [0.717, 1.165) is 25.7 Å². The van der Waals surface area contributed by atoms with Crippen LogP contribution < -0.4 is 0 Å². The van der Waals surface area contributed by atoms with Gasteiger partial charge in [-0.1, -0.05) is 24.9 Å². The lowest BCUT2D eigenvalue weighted by molar-refractivity contribution is 0.407. The molecule has 4 nitrogen and oxygen atoms in total. The van der Waals surface area contributed by atoms with Gasteiger partial charge in [0.15, 0.2) is 0 Å². The summed E-state index contributed by atoms with van der Waals surface area (Å²) in [4.78, 5) is 4.08. The molecule has 1 aliphatic rings. The molecule has 1 saturated heterocycles. The molecular formula is C13H19ClN2O2S. The van der Waals surface area contributed by atoms with Gasteiger partial charge in [-0.05, 0) is 37.3 Å². The Labute approximate surface area is 119 Å². The average Bonchev–Trinajstić information content (AvgIpc) is 2.65. The lowest BCUT2D eigenvalue weighted by atomic mass is 9.98. The molecule has 1 aromatic rings. The van der Waals surface area contributed by atoms with Crippen LogP contribution in [0, 0.1) is 5.92 Å². The highest BCUT2D eigenvalue weighted by Gasteiger charge is 2.27. The largest absolute Gasteiger partial charge is 0.244 e. The van der Waals surface area contributed by atoms with Gasteiger partial charge in [-0.15, -0.1) is 0 Å².